The number of nitrogens with one attached hydrogen (secondary N) is 1. The minimum absolute atomic E-state index is 0.235. The van der Waals surface area contributed by atoms with Crippen LogP contribution in [0.4, 0.5) is 5.69 Å². The van der Waals surface area contributed by atoms with E-state index in [4.69, 9.17) is 9.84 Å². The predicted molar refractivity (Wildman–Crippen MR) is 89.7 cm³/mol. The number of anilines is 1. The van der Waals surface area contributed by atoms with E-state index in [-0.39, 0.29) is 10.8 Å². The summed E-state index contributed by atoms with van der Waals surface area (Å²) in [5.41, 5.74) is 1.13. The van der Waals surface area contributed by atoms with Crippen LogP contribution >= 0.6 is 11.3 Å². The first-order valence-electron chi connectivity index (χ1n) is 6.79. The average Bonchev–Trinajstić information content (AvgIpc) is 2.98. The lowest BCUT2D eigenvalue weighted by atomic mass is 10.2. The molecule has 3 aromatic rings. The Bertz CT molecular complexity index is 883. The third kappa shape index (κ3) is 3.17. The number of methoxy groups -OCH3 is 1. The van der Waals surface area contributed by atoms with Crippen molar-refractivity contribution in [2.24, 2.45) is 0 Å². The molecule has 2 N–H and O–H groups in total. The molecule has 0 atom stereocenters. The summed E-state index contributed by atoms with van der Waals surface area (Å²) in [6.45, 7) is 0. The first-order chi connectivity index (χ1) is 11.1. The summed E-state index contributed by atoms with van der Waals surface area (Å²) in [5.74, 6) is -0.502. The number of carboxylic acid groups (broad SMARTS) is 1. The maximum atomic E-state index is 12.2. The van der Waals surface area contributed by atoms with Gasteiger partial charge in [0.2, 0.25) is 0 Å². The van der Waals surface area contributed by atoms with Gasteiger partial charge in [0.1, 0.15) is 10.6 Å². The molecule has 0 aliphatic carbocycles. The van der Waals surface area contributed by atoms with Crippen molar-refractivity contribution in [1.29, 1.82) is 0 Å². The molecule has 0 aliphatic rings. The summed E-state index contributed by atoms with van der Waals surface area (Å²) in [4.78, 5) is 23.5. The minimum Gasteiger partial charge on any atom is -0.497 e. The van der Waals surface area contributed by atoms with Crippen molar-refractivity contribution in [3.8, 4) is 5.75 Å². The SMILES string of the molecule is COc1ccc(C(=O)Nc2ccc3sc(C(=O)O)cc3c2)cc1. The molecule has 0 spiro atoms. The molecule has 2 aromatic carbocycles. The van der Waals surface area contributed by atoms with Crippen LogP contribution in [0.1, 0.15) is 20.0 Å². The molecule has 116 valence electrons. The standard InChI is InChI=1S/C17H13NO4S/c1-22-13-5-2-10(3-6-13)16(19)18-12-4-7-14-11(8-12)9-15(23-14)17(20)21/h2-9H,1H3,(H,18,19)(H,20,21). The smallest absolute Gasteiger partial charge is 0.345 e. The van der Waals surface area contributed by atoms with Gasteiger partial charge in [-0.05, 0) is 53.9 Å². The molecule has 0 unspecified atom stereocenters. The maximum Gasteiger partial charge on any atom is 0.345 e. The van der Waals surface area contributed by atoms with Gasteiger partial charge < -0.3 is 15.2 Å². The third-order valence-electron chi connectivity index (χ3n) is 3.34. The highest BCUT2D eigenvalue weighted by Crippen LogP contribution is 2.28. The Hall–Kier alpha value is -2.86. The maximum absolute atomic E-state index is 12.2. The molecule has 0 radical (unpaired) electrons. The van der Waals surface area contributed by atoms with Crippen molar-refractivity contribution in [2.75, 3.05) is 12.4 Å². The van der Waals surface area contributed by atoms with Gasteiger partial charge in [0.05, 0.1) is 7.11 Å². The Kier molecular flexibility index (Phi) is 3.99. The van der Waals surface area contributed by atoms with Crippen LogP contribution in [-0.2, 0) is 0 Å². The van der Waals surface area contributed by atoms with E-state index in [1.54, 1.807) is 55.6 Å². The van der Waals surface area contributed by atoms with Crippen molar-refractivity contribution >= 4 is 39.0 Å². The summed E-state index contributed by atoms with van der Waals surface area (Å²) in [5, 5.41) is 12.6. The number of amides is 1. The molecule has 5 nitrogen and oxygen atoms in total. The van der Waals surface area contributed by atoms with E-state index >= 15 is 0 Å². The Morgan fingerprint density at radius 3 is 2.48 bits per heavy atom. The van der Waals surface area contributed by atoms with E-state index in [9.17, 15) is 9.59 Å². The van der Waals surface area contributed by atoms with Crippen LogP contribution in [0.3, 0.4) is 0 Å². The average molecular weight is 327 g/mol. The number of carbonyl (C=O) groups excluding carboxylic acids is 1. The number of aromatic carboxylic acids is 1. The van der Waals surface area contributed by atoms with Crippen molar-refractivity contribution in [1.82, 2.24) is 0 Å². The van der Waals surface area contributed by atoms with Gasteiger partial charge >= 0.3 is 5.97 Å². The minimum atomic E-state index is -0.949. The number of hydrogen-bond acceptors (Lipinski definition) is 4. The number of hydrogen-bond donors (Lipinski definition) is 2. The number of thiophene rings is 1. The lowest BCUT2D eigenvalue weighted by Gasteiger charge is -2.06. The summed E-state index contributed by atoms with van der Waals surface area (Å²) < 4.78 is 5.92. The normalized spacial score (nSPS) is 10.5. The first kappa shape index (κ1) is 15.1. The van der Waals surface area contributed by atoms with Crippen LogP contribution in [0, 0.1) is 0 Å². The summed E-state index contributed by atoms with van der Waals surface area (Å²) >= 11 is 1.21. The third-order valence-corrected chi connectivity index (χ3v) is 4.44. The molecule has 23 heavy (non-hydrogen) atoms. The fourth-order valence-electron chi connectivity index (χ4n) is 2.17. The number of carbonyl (C=O) groups is 2. The Morgan fingerprint density at radius 2 is 1.83 bits per heavy atom. The molecule has 1 amide bonds. The van der Waals surface area contributed by atoms with Crippen LogP contribution in [0.5, 0.6) is 5.75 Å². The van der Waals surface area contributed by atoms with Crippen LogP contribution in [0.15, 0.2) is 48.5 Å². The van der Waals surface area contributed by atoms with E-state index in [0.717, 1.165) is 10.1 Å². The summed E-state index contributed by atoms with van der Waals surface area (Å²) in [6, 6.07) is 13.7. The number of fused-ring (bicyclic) bond motifs is 1. The fraction of sp³-hybridized carbons (Fsp3) is 0.0588. The van der Waals surface area contributed by atoms with Gasteiger partial charge in [-0.2, -0.15) is 0 Å². The predicted octanol–water partition coefficient (Wildman–Crippen LogP) is 3.86. The Morgan fingerprint density at radius 1 is 1.09 bits per heavy atom. The van der Waals surface area contributed by atoms with Crippen LogP contribution in [0.25, 0.3) is 10.1 Å². The molecular formula is C17H13NO4S. The molecular weight excluding hydrogens is 314 g/mol. The summed E-state index contributed by atoms with van der Waals surface area (Å²) in [7, 11) is 1.57. The molecule has 6 heteroatoms. The Balaban J connectivity index is 1.82. The van der Waals surface area contributed by atoms with E-state index < -0.39 is 5.97 Å². The molecule has 0 fully saturated rings. The Labute approximate surface area is 136 Å². The fourth-order valence-corrected chi connectivity index (χ4v) is 3.05. The van der Waals surface area contributed by atoms with Crippen LogP contribution in [0.2, 0.25) is 0 Å². The van der Waals surface area contributed by atoms with Crippen molar-refractivity contribution in [2.45, 2.75) is 0 Å². The summed E-state index contributed by atoms with van der Waals surface area (Å²) in [6.07, 6.45) is 0. The second-order valence-electron chi connectivity index (χ2n) is 4.85. The highest BCUT2D eigenvalue weighted by Gasteiger charge is 2.10. The highest BCUT2D eigenvalue weighted by molar-refractivity contribution is 7.20. The van der Waals surface area contributed by atoms with Gasteiger partial charge in [-0.15, -0.1) is 11.3 Å². The zero-order valence-corrected chi connectivity index (χ0v) is 13.0. The topological polar surface area (TPSA) is 75.6 Å². The van der Waals surface area contributed by atoms with Crippen LogP contribution in [-0.4, -0.2) is 24.1 Å². The largest absolute Gasteiger partial charge is 0.497 e. The monoisotopic (exact) mass is 327 g/mol. The van der Waals surface area contributed by atoms with Crippen LogP contribution < -0.4 is 10.1 Å². The molecule has 0 bridgehead atoms. The van der Waals surface area contributed by atoms with Gasteiger partial charge in [0.15, 0.2) is 0 Å². The van der Waals surface area contributed by atoms with E-state index in [1.165, 1.54) is 11.3 Å². The number of rotatable bonds is 4. The lowest BCUT2D eigenvalue weighted by Crippen LogP contribution is -2.11. The van der Waals surface area contributed by atoms with Crippen molar-refractivity contribution in [3.63, 3.8) is 0 Å². The lowest BCUT2D eigenvalue weighted by molar-refractivity contribution is 0.0702. The van der Waals surface area contributed by atoms with Gasteiger partial charge in [0.25, 0.3) is 5.91 Å². The molecule has 0 saturated carbocycles. The quantitative estimate of drug-likeness (QED) is 0.763. The molecule has 3 rings (SSSR count). The molecule has 0 aliphatic heterocycles. The van der Waals surface area contributed by atoms with Gasteiger partial charge in [-0.1, -0.05) is 0 Å². The van der Waals surface area contributed by atoms with E-state index in [2.05, 4.69) is 5.32 Å². The van der Waals surface area contributed by atoms with Gasteiger partial charge in [-0.25, -0.2) is 4.79 Å². The number of benzene rings is 2. The number of ether oxygens (including phenoxy) is 1. The van der Waals surface area contributed by atoms with E-state index in [1.807, 2.05) is 0 Å². The van der Waals surface area contributed by atoms with Crippen molar-refractivity contribution in [3.05, 3.63) is 59.0 Å². The second kappa shape index (κ2) is 6.10. The van der Waals surface area contributed by atoms with Gasteiger partial charge in [-0.3, -0.25) is 4.79 Å². The zero-order valence-electron chi connectivity index (χ0n) is 12.2. The highest BCUT2D eigenvalue weighted by atomic mass is 32.1. The van der Waals surface area contributed by atoms with Crippen molar-refractivity contribution < 1.29 is 19.4 Å². The van der Waals surface area contributed by atoms with E-state index in [0.29, 0.717) is 17.0 Å². The molecule has 1 heterocycles. The molecule has 1 aromatic heterocycles. The second-order valence-corrected chi connectivity index (χ2v) is 5.93. The first-order valence-corrected chi connectivity index (χ1v) is 7.61. The molecule has 0 saturated heterocycles. The zero-order chi connectivity index (χ0) is 16.4. The van der Waals surface area contributed by atoms with Gasteiger partial charge in [0, 0.05) is 16.0 Å². The number of carboxylic acids is 1.